The van der Waals surface area contributed by atoms with Crippen LogP contribution < -0.4 is 5.32 Å². The zero-order chi connectivity index (χ0) is 10.0. The van der Waals surface area contributed by atoms with Crippen LogP contribution in [-0.2, 0) is 11.3 Å². The first-order valence-corrected chi connectivity index (χ1v) is 5.08. The largest absolute Gasteiger partial charge is 0.375 e. The van der Waals surface area contributed by atoms with Gasteiger partial charge in [0.05, 0.1) is 13.2 Å². The van der Waals surface area contributed by atoms with Crippen LogP contribution in [0.5, 0.6) is 0 Å². The van der Waals surface area contributed by atoms with Gasteiger partial charge in [-0.15, -0.1) is 0 Å². The van der Waals surface area contributed by atoms with Crippen molar-refractivity contribution in [2.75, 3.05) is 6.61 Å². The molecule has 1 N–H and O–H groups in total. The summed E-state index contributed by atoms with van der Waals surface area (Å²) in [6.07, 6.45) is 0. The van der Waals surface area contributed by atoms with Crippen LogP contribution >= 0.6 is 0 Å². The summed E-state index contributed by atoms with van der Waals surface area (Å²) in [7, 11) is 0. The Hall–Kier alpha value is -0.860. The van der Waals surface area contributed by atoms with Crippen molar-refractivity contribution in [1.82, 2.24) is 5.32 Å². The smallest absolute Gasteiger partial charge is 0.0717 e. The summed E-state index contributed by atoms with van der Waals surface area (Å²) in [5.41, 5.74) is 1.53. The third-order valence-corrected chi connectivity index (χ3v) is 2.73. The quantitative estimate of drug-likeness (QED) is 0.737. The summed E-state index contributed by atoms with van der Waals surface area (Å²) in [6.45, 7) is 5.92. The number of hydrogen-bond acceptors (Lipinski definition) is 2. The molecule has 1 aliphatic heterocycles. The van der Waals surface area contributed by atoms with Crippen molar-refractivity contribution >= 4 is 0 Å². The minimum atomic E-state index is 0.288. The van der Waals surface area contributed by atoms with Crippen LogP contribution in [0.2, 0.25) is 0 Å². The van der Waals surface area contributed by atoms with Gasteiger partial charge in [-0.1, -0.05) is 30.3 Å². The number of hydrogen-bond donors (Lipinski definition) is 1. The first-order chi connectivity index (χ1) is 6.68. The van der Waals surface area contributed by atoms with Gasteiger partial charge in [0, 0.05) is 11.6 Å². The highest BCUT2D eigenvalue weighted by Crippen LogP contribution is 2.24. The fraction of sp³-hybridized carbons (Fsp3) is 0.500. The van der Waals surface area contributed by atoms with Gasteiger partial charge in [-0.2, -0.15) is 0 Å². The lowest BCUT2D eigenvalue weighted by Crippen LogP contribution is -2.09. The van der Waals surface area contributed by atoms with Crippen molar-refractivity contribution < 1.29 is 4.74 Å². The molecule has 1 saturated heterocycles. The Kier molecular flexibility index (Phi) is 2.57. The average Bonchev–Trinajstić information content (AvgIpc) is 2.76. The summed E-state index contributed by atoms with van der Waals surface area (Å²) in [5, 5.41) is 3.37. The number of ether oxygens (including phenoxy) is 1. The molecule has 1 fully saturated rings. The normalized spacial score (nSPS) is 23.4. The second-order valence-corrected chi connectivity index (χ2v) is 4.42. The van der Waals surface area contributed by atoms with Crippen LogP contribution in [0.25, 0.3) is 0 Å². The second-order valence-electron chi connectivity index (χ2n) is 4.42. The van der Waals surface area contributed by atoms with Gasteiger partial charge in [0.2, 0.25) is 0 Å². The van der Waals surface area contributed by atoms with Crippen molar-refractivity contribution in [3.8, 4) is 0 Å². The molecule has 0 saturated carbocycles. The Morgan fingerprint density at radius 1 is 1.29 bits per heavy atom. The molecule has 1 unspecified atom stereocenters. The van der Waals surface area contributed by atoms with E-state index in [1.807, 2.05) is 18.2 Å². The summed E-state index contributed by atoms with van der Waals surface area (Å²) in [6, 6.07) is 10.8. The Balaban J connectivity index is 1.69. The molecule has 0 bridgehead atoms. The summed E-state index contributed by atoms with van der Waals surface area (Å²) < 4.78 is 5.62. The standard InChI is InChI=1S/C12H17NO/c1-12(2)11(13-12)9-14-8-10-6-4-3-5-7-10/h3-7,11,13H,8-9H2,1-2H3. The molecule has 14 heavy (non-hydrogen) atoms. The summed E-state index contributed by atoms with van der Waals surface area (Å²) in [4.78, 5) is 0. The molecule has 0 radical (unpaired) electrons. The molecule has 1 atom stereocenters. The monoisotopic (exact) mass is 191 g/mol. The number of rotatable bonds is 4. The molecule has 0 amide bonds. The Labute approximate surface area is 85.3 Å². The lowest BCUT2D eigenvalue weighted by atomic mass is 10.1. The Bertz CT molecular complexity index is 294. The Morgan fingerprint density at radius 2 is 1.93 bits per heavy atom. The second kappa shape index (κ2) is 3.71. The molecule has 1 aliphatic rings. The predicted octanol–water partition coefficient (Wildman–Crippen LogP) is 1.95. The van der Waals surface area contributed by atoms with Crippen molar-refractivity contribution in [1.29, 1.82) is 0 Å². The van der Waals surface area contributed by atoms with E-state index in [1.54, 1.807) is 0 Å². The molecule has 76 valence electrons. The van der Waals surface area contributed by atoms with E-state index < -0.39 is 0 Å². The molecular weight excluding hydrogens is 174 g/mol. The SMILES string of the molecule is CC1(C)NC1COCc1ccccc1. The molecule has 2 nitrogen and oxygen atoms in total. The first-order valence-electron chi connectivity index (χ1n) is 5.08. The van der Waals surface area contributed by atoms with E-state index in [2.05, 4.69) is 31.3 Å². The zero-order valence-corrected chi connectivity index (χ0v) is 8.79. The van der Waals surface area contributed by atoms with E-state index in [-0.39, 0.29) is 5.54 Å². The van der Waals surface area contributed by atoms with Crippen LogP contribution in [0.15, 0.2) is 30.3 Å². The zero-order valence-electron chi connectivity index (χ0n) is 8.79. The molecule has 0 aliphatic carbocycles. The van der Waals surface area contributed by atoms with E-state index in [9.17, 15) is 0 Å². The number of benzene rings is 1. The lowest BCUT2D eigenvalue weighted by molar-refractivity contribution is 0.120. The molecule has 0 aromatic heterocycles. The van der Waals surface area contributed by atoms with Gasteiger partial charge >= 0.3 is 0 Å². The highest BCUT2D eigenvalue weighted by molar-refractivity contribution is 5.13. The van der Waals surface area contributed by atoms with E-state index in [4.69, 9.17) is 4.74 Å². The van der Waals surface area contributed by atoms with E-state index in [0.29, 0.717) is 6.04 Å². The van der Waals surface area contributed by atoms with Gasteiger partial charge in [-0.3, -0.25) is 0 Å². The predicted molar refractivity (Wildman–Crippen MR) is 57.1 cm³/mol. The van der Waals surface area contributed by atoms with Crippen molar-refractivity contribution in [2.45, 2.75) is 32.0 Å². The fourth-order valence-corrected chi connectivity index (χ4v) is 1.53. The molecule has 2 rings (SSSR count). The van der Waals surface area contributed by atoms with Crippen molar-refractivity contribution in [3.05, 3.63) is 35.9 Å². The van der Waals surface area contributed by atoms with Gasteiger partial charge < -0.3 is 10.1 Å². The van der Waals surface area contributed by atoms with Crippen LogP contribution in [0.4, 0.5) is 0 Å². The maximum Gasteiger partial charge on any atom is 0.0717 e. The van der Waals surface area contributed by atoms with Crippen molar-refractivity contribution in [2.24, 2.45) is 0 Å². The van der Waals surface area contributed by atoms with E-state index in [0.717, 1.165) is 13.2 Å². The lowest BCUT2D eigenvalue weighted by Gasteiger charge is -2.03. The molecule has 1 aromatic carbocycles. The van der Waals surface area contributed by atoms with Crippen molar-refractivity contribution in [3.63, 3.8) is 0 Å². The van der Waals surface area contributed by atoms with Crippen LogP contribution in [0.3, 0.4) is 0 Å². The molecule has 0 spiro atoms. The van der Waals surface area contributed by atoms with Gasteiger partial charge in [0.25, 0.3) is 0 Å². The third-order valence-electron chi connectivity index (χ3n) is 2.73. The van der Waals surface area contributed by atoms with E-state index >= 15 is 0 Å². The van der Waals surface area contributed by atoms with Gasteiger partial charge in [0.1, 0.15) is 0 Å². The van der Waals surface area contributed by atoms with Gasteiger partial charge in [0.15, 0.2) is 0 Å². The van der Waals surface area contributed by atoms with Gasteiger partial charge in [-0.25, -0.2) is 0 Å². The average molecular weight is 191 g/mol. The minimum absolute atomic E-state index is 0.288. The van der Waals surface area contributed by atoms with Crippen LogP contribution in [0.1, 0.15) is 19.4 Å². The maximum atomic E-state index is 5.62. The maximum absolute atomic E-state index is 5.62. The highest BCUT2D eigenvalue weighted by Gasteiger charge is 2.44. The summed E-state index contributed by atoms with van der Waals surface area (Å²) >= 11 is 0. The first kappa shape index (κ1) is 9.69. The minimum Gasteiger partial charge on any atom is -0.375 e. The fourth-order valence-electron chi connectivity index (χ4n) is 1.53. The summed E-state index contributed by atoms with van der Waals surface area (Å²) in [5.74, 6) is 0. The highest BCUT2D eigenvalue weighted by atomic mass is 16.5. The molecule has 1 heterocycles. The molecule has 1 aromatic rings. The topological polar surface area (TPSA) is 31.2 Å². The Morgan fingerprint density at radius 3 is 2.50 bits per heavy atom. The van der Waals surface area contributed by atoms with Gasteiger partial charge in [-0.05, 0) is 19.4 Å². The van der Waals surface area contributed by atoms with Crippen LogP contribution in [-0.4, -0.2) is 18.2 Å². The molecular formula is C12H17NO. The third kappa shape index (κ3) is 2.34. The van der Waals surface area contributed by atoms with E-state index in [1.165, 1.54) is 5.56 Å². The van der Waals surface area contributed by atoms with Crippen LogP contribution in [0, 0.1) is 0 Å². The number of nitrogens with one attached hydrogen (secondary N) is 1. The molecule has 2 heteroatoms.